The molecule has 126 valence electrons. The summed E-state index contributed by atoms with van der Waals surface area (Å²) in [6, 6.07) is 18.8. The molecule has 0 unspecified atom stereocenters. The average Bonchev–Trinajstić information content (AvgIpc) is 2.57. The van der Waals surface area contributed by atoms with Crippen LogP contribution >= 0.6 is 0 Å². The van der Waals surface area contributed by atoms with Crippen molar-refractivity contribution in [2.45, 2.75) is 20.8 Å². The maximum absolute atomic E-state index is 12.5. The fourth-order valence-electron chi connectivity index (χ4n) is 2.50. The second-order valence-electron chi connectivity index (χ2n) is 5.98. The zero-order chi connectivity index (χ0) is 17.8. The van der Waals surface area contributed by atoms with Gasteiger partial charge in [0.25, 0.3) is 5.91 Å². The molecule has 4 heteroatoms. The summed E-state index contributed by atoms with van der Waals surface area (Å²) < 4.78 is 5.84. The predicted molar refractivity (Wildman–Crippen MR) is 99.4 cm³/mol. The normalized spacial score (nSPS) is 10.4. The Bertz CT molecular complexity index is 902. The summed E-state index contributed by atoms with van der Waals surface area (Å²) in [5, 5.41) is 2.89. The standard InChI is InChI=1S/C21H20N2O2/c1-14-7-10-18(11-8-14)25-19-6-4-5-17(13-19)23-21(24)20-12-9-15(2)22-16(20)3/h4-13H,1-3H3,(H,23,24). The highest BCUT2D eigenvalue weighted by atomic mass is 16.5. The lowest BCUT2D eigenvalue weighted by Gasteiger charge is -2.10. The molecule has 0 aliphatic carbocycles. The van der Waals surface area contributed by atoms with Crippen LogP contribution in [0.25, 0.3) is 0 Å². The molecule has 1 N–H and O–H groups in total. The molecule has 0 spiro atoms. The third kappa shape index (κ3) is 4.23. The highest BCUT2D eigenvalue weighted by molar-refractivity contribution is 6.05. The molecule has 0 aliphatic rings. The van der Waals surface area contributed by atoms with Crippen LogP contribution in [0.15, 0.2) is 60.7 Å². The lowest BCUT2D eigenvalue weighted by molar-refractivity contribution is 0.102. The smallest absolute Gasteiger partial charge is 0.257 e. The number of nitrogens with one attached hydrogen (secondary N) is 1. The van der Waals surface area contributed by atoms with Gasteiger partial charge in [0.2, 0.25) is 0 Å². The second kappa shape index (κ2) is 7.18. The van der Waals surface area contributed by atoms with Crippen LogP contribution in [-0.2, 0) is 0 Å². The van der Waals surface area contributed by atoms with Crippen LogP contribution in [0.3, 0.4) is 0 Å². The molecule has 0 aliphatic heterocycles. The van der Waals surface area contributed by atoms with E-state index in [2.05, 4.69) is 10.3 Å². The highest BCUT2D eigenvalue weighted by Crippen LogP contribution is 2.24. The van der Waals surface area contributed by atoms with Gasteiger partial charge in [0.15, 0.2) is 0 Å². The van der Waals surface area contributed by atoms with Crippen molar-refractivity contribution in [1.82, 2.24) is 4.98 Å². The molecular weight excluding hydrogens is 312 g/mol. The molecule has 0 saturated heterocycles. The molecule has 0 saturated carbocycles. The van der Waals surface area contributed by atoms with Crippen molar-refractivity contribution in [3.8, 4) is 11.5 Å². The quantitative estimate of drug-likeness (QED) is 0.727. The third-order valence-corrected chi connectivity index (χ3v) is 3.82. The van der Waals surface area contributed by atoms with Gasteiger partial charge in [0.05, 0.1) is 11.3 Å². The van der Waals surface area contributed by atoms with Gasteiger partial charge in [-0.15, -0.1) is 0 Å². The van der Waals surface area contributed by atoms with Crippen molar-refractivity contribution in [2.75, 3.05) is 5.32 Å². The third-order valence-electron chi connectivity index (χ3n) is 3.82. The Morgan fingerprint density at radius 1 is 0.920 bits per heavy atom. The Labute approximate surface area is 147 Å². The second-order valence-corrected chi connectivity index (χ2v) is 5.98. The van der Waals surface area contributed by atoms with Crippen LogP contribution in [0.1, 0.15) is 27.3 Å². The van der Waals surface area contributed by atoms with E-state index in [0.717, 1.165) is 11.4 Å². The van der Waals surface area contributed by atoms with Crippen LogP contribution in [0.5, 0.6) is 11.5 Å². The highest BCUT2D eigenvalue weighted by Gasteiger charge is 2.11. The van der Waals surface area contributed by atoms with E-state index in [4.69, 9.17) is 4.74 Å². The number of ether oxygens (including phenoxy) is 1. The lowest BCUT2D eigenvalue weighted by Crippen LogP contribution is -2.14. The van der Waals surface area contributed by atoms with Crippen molar-refractivity contribution < 1.29 is 9.53 Å². The Morgan fingerprint density at radius 3 is 2.40 bits per heavy atom. The minimum atomic E-state index is -0.183. The van der Waals surface area contributed by atoms with Crippen molar-refractivity contribution in [1.29, 1.82) is 0 Å². The Balaban J connectivity index is 1.75. The van der Waals surface area contributed by atoms with Crippen LogP contribution in [0.2, 0.25) is 0 Å². The number of hydrogen-bond acceptors (Lipinski definition) is 3. The first-order valence-corrected chi connectivity index (χ1v) is 8.11. The van der Waals surface area contributed by atoms with Crippen LogP contribution in [-0.4, -0.2) is 10.9 Å². The summed E-state index contributed by atoms with van der Waals surface area (Å²) in [7, 11) is 0. The number of rotatable bonds is 4. The van der Waals surface area contributed by atoms with E-state index in [1.807, 2.05) is 69.3 Å². The average molecular weight is 332 g/mol. The van der Waals surface area contributed by atoms with E-state index in [1.54, 1.807) is 12.1 Å². The Morgan fingerprint density at radius 2 is 1.68 bits per heavy atom. The van der Waals surface area contributed by atoms with Gasteiger partial charge in [-0.05, 0) is 57.2 Å². The van der Waals surface area contributed by atoms with Crippen molar-refractivity contribution in [3.63, 3.8) is 0 Å². The number of aryl methyl sites for hydroxylation is 3. The number of benzene rings is 2. The summed E-state index contributed by atoms with van der Waals surface area (Å²) in [6.45, 7) is 5.77. The van der Waals surface area contributed by atoms with E-state index >= 15 is 0 Å². The van der Waals surface area contributed by atoms with Gasteiger partial charge in [-0.25, -0.2) is 0 Å². The molecule has 0 radical (unpaired) electrons. The number of hydrogen-bond donors (Lipinski definition) is 1. The number of carbonyl (C=O) groups excluding carboxylic acids is 1. The van der Waals surface area contributed by atoms with Crippen molar-refractivity contribution in [3.05, 3.63) is 83.2 Å². The van der Waals surface area contributed by atoms with E-state index in [-0.39, 0.29) is 5.91 Å². The number of nitrogens with zero attached hydrogens (tertiary/aromatic N) is 1. The predicted octanol–water partition coefficient (Wildman–Crippen LogP) is 5.05. The maximum Gasteiger partial charge on any atom is 0.257 e. The topological polar surface area (TPSA) is 51.2 Å². The SMILES string of the molecule is Cc1ccc(Oc2cccc(NC(=O)c3ccc(C)nc3C)c2)cc1. The Hall–Kier alpha value is -3.14. The molecule has 25 heavy (non-hydrogen) atoms. The molecule has 0 bridgehead atoms. The molecule has 3 aromatic rings. The molecule has 0 atom stereocenters. The van der Waals surface area contributed by atoms with Gasteiger partial charge in [0.1, 0.15) is 11.5 Å². The molecule has 4 nitrogen and oxygen atoms in total. The van der Waals surface area contributed by atoms with Crippen molar-refractivity contribution >= 4 is 11.6 Å². The van der Waals surface area contributed by atoms with Crippen molar-refractivity contribution in [2.24, 2.45) is 0 Å². The summed E-state index contributed by atoms with van der Waals surface area (Å²) >= 11 is 0. The first-order valence-electron chi connectivity index (χ1n) is 8.11. The summed E-state index contributed by atoms with van der Waals surface area (Å²) in [5.41, 5.74) is 4.02. The fourth-order valence-corrected chi connectivity index (χ4v) is 2.50. The molecule has 1 amide bonds. The number of amides is 1. The van der Waals surface area contributed by atoms with Crippen LogP contribution in [0, 0.1) is 20.8 Å². The zero-order valence-electron chi connectivity index (χ0n) is 14.5. The fraction of sp³-hybridized carbons (Fsp3) is 0.143. The minimum Gasteiger partial charge on any atom is -0.457 e. The van der Waals surface area contributed by atoms with Crippen LogP contribution < -0.4 is 10.1 Å². The van der Waals surface area contributed by atoms with Crippen LogP contribution in [0.4, 0.5) is 5.69 Å². The largest absolute Gasteiger partial charge is 0.457 e. The van der Waals surface area contributed by atoms with E-state index in [9.17, 15) is 4.79 Å². The number of aromatic nitrogens is 1. The molecule has 1 aromatic heterocycles. The number of pyridine rings is 1. The molecular formula is C21H20N2O2. The minimum absolute atomic E-state index is 0.183. The van der Waals surface area contributed by atoms with Gasteiger partial charge in [0, 0.05) is 17.4 Å². The van der Waals surface area contributed by atoms with Gasteiger partial charge >= 0.3 is 0 Å². The Kier molecular flexibility index (Phi) is 4.80. The van der Waals surface area contributed by atoms with Gasteiger partial charge in [-0.3, -0.25) is 9.78 Å². The molecule has 2 aromatic carbocycles. The summed E-state index contributed by atoms with van der Waals surface area (Å²) in [5.74, 6) is 1.24. The van der Waals surface area contributed by atoms with Gasteiger partial charge < -0.3 is 10.1 Å². The zero-order valence-corrected chi connectivity index (χ0v) is 14.5. The first kappa shape index (κ1) is 16.7. The lowest BCUT2D eigenvalue weighted by atomic mass is 10.1. The monoisotopic (exact) mass is 332 g/mol. The van der Waals surface area contributed by atoms with E-state index in [0.29, 0.717) is 22.7 Å². The van der Waals surface area contributed by atoms with E-state index in [1.165, 1.54) is 5.56 Å². The number of anilines is 1. The molecule has 1 heterocycles. The van der Waals surface area contributed by atoms with E-state index < -0.39 is 0 Å². The first-order chi connectivity index (χ1) is 12.0. The summed E-state index contributed by atoms with van der Waals surface area (Å²) in [6.07, 6.45) is 0. The summed E-state index contributed by atoms with van der Waals surface area (Å²) in [4.78, 5) is 16.8. The molecule has 3 rings (SSSR count). The molecule has 0 fully saturated rings. The van der Waals surface area contributed by atoms with Gasteiger partial charge in [-0.1, -0.05) is 23.8 Å². The number of carbonyl (C=O) groups is 1. The van der Waals surface area contributed by atoms with Gasteiger partial charge in [-0.2, -0.15) is 0 Å². The maximum atomic E-state index is 12.5.